The van der Waals surface area contributed by atoms with Crippen LogP contribution in [0.1, 0.15) is 40.0 Å². The van der Waals surface area contributed by atoms with E-state index in [1.54, 1.807) is 13.8 Å². The highest BCUT2D eigenvalue weighted by molar-refractivity contribution is 5.71. The van der Waals surface area contributed by atoms with Gasteiger partial charge in [0.15, 0.2) is 6.79 Å². The van der Waals surface area contributed by atoms with Crippen LogP contribution in [0.4, 0.5) is 14.4 Å². The van der Waals surface area contributed by atoms with Gasteiger partial charge in [0.05, 0.1) is 6.61 Å². The Morgan fingerprint density at radius 2 is 1.22 bits per heavy atom. The molecule has 0 aromatic carbocycles. The van der Waals surface area contributed by atoms with E-state index >= 15 is 0 Å². The van der Waals surface area contributed by atoms with Gasteiger partial charge in [-0.1, -0.05) is 20.8 Å². The Morgan fingerprint density at radius 1 is 0.694 bits per heavy atom. The van der Waals surface area contributed by atoms with Gasteiger partial charge in [0, 0.05) is 52.1 Å². The number of alkyl carbamates (subject to hydrolysis) is 1. The van der Waals surface area contributed by atoms with Crippen LogP contribution in [0, 0.1) is 0 Å². The highest BCUT2D eigenvalue weighted by Crippen LogP contribution is 2.00. The maximum absolute atomic E-state index is 12.5. The fraction of sp³-hybridized carbons (Fsp3) is 0.762. The van der Waals surface area contributed by atoms with Crippen LogP contribution < -0.4 is 11.1 Å². The molecule has 3 N–H and O–H groups in total. The molecule has 208 valence electrons. The molecule has 15 nitrogen and oxygen atoms in total. The van der Waals surface area contributed by atoms with E-state index in [0.717, 1.165) is 6.42 Å². The molecule has 0 aromatic heterocycles. The number of nitrogens with two attached hydrogens (primary N) is 1. The molecule has 0 saturated heterocycles. The first kappa shape index (κ1) is 32.7. The van der Waals surface area contributed by atoms with Crippen LogP contribution in [-0.2, 0) is 38.0 Å². The molecule has 0 spiro atoms. The SMILES string of the molecule is CCCOCOC(=O)N(CCN)CCN(CCNC(=O)OCOC(=O)CC)C(=O)OCOC(=O)CC. The predicted octanol–water partition coefficient (Wildman–Crippen LogP) is 0.754. The third kappa shape index (κ3) is 16.3. The summed E-state index contributed by atoms with van der Waals surface area (Å²) in [5.41, 5.74) is 5.57. The van der Waals surface area contributed by atoms with Gasteiger partial charge in [0.2, 0.25) is 13.6 Å². The Labute approximate surface area is 210 Å². The molecule has 0 atom stereocenters. The summed E-state index contributed by atoms with van der Waals surface area (Å²) in [5, 5.41) is 2.39. The maximum Gasteiger partial charge on any atom is 0.412 e. The topological polar surface area (TPSA) is 185 Å². The van der Waals surface area contributed by atoms with Crippen LogP contribution in [0.2, 0.25) is 0 Å². The van der Waals surface area contributed by atoms with Crippen molar-refractivity contribution >= 4 is 30.2 Å². The number of carbonyl (C=O) groups is 5. The van der Waals surface area contributed by atoms with Crippen LogP contribution in [0.15, 0.2) is 0 Å². The smallest absolute Gasteiger partial charge is 0.412 e. The van der Waals surface area contributed by atoms with E-state index < -0.39 is 43.8 Å². The van der Waals surface area contributed by atoms with E-state index in [1.165, 1.54) is 9.80 Å². The minimum atomic E-state index is -0.871. The second-order valence-electron chi connectivity index (χ2n) is 6.94. The quantitative estimate of drug-likeness (QED) is 0.112. The van der Waals surface area contributed by atoms with Crippen molar-refractivity contribution in [2.45, 2.75) is 40.0 Å². The van der Waals surface area contributed by atoms with Gasteiger partial charge < -0.3 is 49.3 Å². The minimum Gasteiger partial charge on any atom is -0.428 e. The second kappa shape index (κ2) is 21.0. The van der Waals surface area contributed by atoms with Gasteiger partial charge in [-0.05, 0) is 6.42 Å². The molecular weight excluding hydrogens is 484 g/mol. The van der Waals surface area contributed by atoms with Crippen LogP contribution in [0.3, 0.4) is 0 Å². The summed E-state index contributed by atoms with van der Waals surface area (Å²) in [5.74, 6) is -1.08. The lowest BCUT2D eigenvalue weighted by molar-refractivity contribution is -0.153. The van der Waals surface area contributed by atoms with E-state index in [2.05, 4.69) is 10.1 Å². The third-order valence-corrected chi connectivity index (χ3v) is 4.21. The van der Waals surface area contributed by atoms with Crippen LogP contribution in [0.25, 0.3) is 0 Å². The molecule has 0 aliphatic heterocycles. The van der Waals surface area contributed by atoms with Crippen LogP contribution >= 0.6 is 0 Å². The summed E-state index contributed by atoms with van der Waals surface area (Å²) in [4.78, 5) is 61.3. The Morgan fingerprint density at radius 3 is 1.75 bits per heavy atom. The highest BCUT2D eigenvalue weighted by atomic mass is 16.7. The standard InChI is InChI=1S/C21H38N4O11/c1-4-13-31-14-35-20(29)24(9-7-22)11-12-25(21(30)36-16-33-18(27)6-3)10-8-23-19(28)34-15-32-17(26)5-2/h4-16,22H2,1-3H3,(H,23,28). The van der Waals surface area contributed by atoms with Gasteiger partial charge in [-0.25, -0.2) is 14.4 Å². The van der Waals surface area contributed by atoms with Crippen LogP contribution in [-0.4, -0.2) is 106 Å². The summed E-state index contributed by atoms with van der Waals surface area (Å²) in [6, 6.07) is 0. The normalized spacial score (nSPS) is 10.1. The number of hydrogen-bond donors (Lipinski definition) is 2. The molecule has 3 amide bonds. The number of ether oxygens (including phenoxy) is 6. The molecule has 0 aliphatic rings. The average Bonchev–Trinajstić information content (AvgIpc) is 2.87. The van der Waals surface area contributed by atoms with Crippen molar-refractivity contribution in [1.29, 1.82) is 0 Å². The van der Waals surface area contributed by atoms with E-state index in [4.69, 9.17) is 29.4 Å². The van der Waals surface area contributed by atoms with E-state index in [-0.39, 0.29) is 58.9 Å². The number of rotatable bonds is 18. The molecule has 0 fully saturated rings. The molecule has 15 heteroatoms. The number of amides is 3. The fourth-order valence-electron chi connectivity index (χ4n) is 2.31. The lowest BCUT2D eigenvalue weighted by Crippen LogP contribution is -2.45. The van der Waals surface area contributed by atoms with Gasteiger partial charge in [0.25, 0.3) is 0 Å². The van der Waals surface area contributed by atoms with Crippen molar-refractivity contribution in [3.63, 3.8) is 0 Å². The molecular formula is C21H38N4O11. The lowest BCUT2D eigenvalue weighted by Gasteiger charge is -2.26. The van der Waals surface area contributed by atoms with Gasteiger partial charge in [-0.3, -0.25) is 9.59 Å². The molecule has 0 unspecified atom stereocenters. The zero-order chi connectivity index (χ0) is 27.2. The summed E-state index contributed by atoms with van der Waals surface area (Å²) in [6.45, 7) is 4.38. The van der Waals surface area contributed by atoms with E-state index in [9.17, 15) is 24.0 Å². The number of hydrogen-bond acceptors (Lipinski definition) is 12. The molecule has 0 bridgehead atoms. The van der Waals surface area contributed by atoms with Crippen molar-refractivity contribution in [2.75, 3.05) is 66.3 Å². The van der Waals surface area contributed by atoms with Crippen molar-refractivity contribution in [2.24, 2.45) is 5.73 Å². The molecule has 0 aliphatic carbocycles. The molecule has 0 heterocycles. The zero-order valence-electron chi connectivity index (χ0n) is 21.2. The Bertz CT molecular complexity index is 678. The van der Waals surface area contributed by atoms with Gasteiger partial charge >= 0.3 is 30.2 Å². The second-order valence-corrected chi connectivity index (χ2v) is 6.94. The number of carbonyl (C=O) groups excluding carboxylic acids is 5. The summed E-state index contributed by atoms with van der Waals surface area (Å²) in [7, 11) is 0. The van der Waals surface area contributed by atoms with Gasteiger partial charge in [0.1, 0.15) is 0 Å². The first-order chi connectivity index (χ1) is 17.3. The lowest BCUT2D eigenvalue weighted by atomic mass is 10.4. The number of nitrogens with zero attached hydrogens (tertiary/aromatic N) is 2. The van der Waals surface area contributed by atoms with Gasteiger partial charge in [-0.2, -0.15) is 0 Å². The molecule has 0 saturated carbocycles. The molecule has 0 rings (SSSR count). The Kier molecular flexibility index (Phi) is 19.1. The number of nitrogens with one attached hydrogen (secondary N) is 1. The highest BCUT2D eigenvalue weighted by Gasteiger charge is 2.20. The fourth-order valence-corrected chi connectivity index (χ4v) is 2.31. The number of esters is 2. The molecule has 0 radical (unpaired) electrons. The summed E-state index contributed by atoms with van der Waals surface area (Å²) in [6.07, 6.45) is -1.39. The van der Waals surface area contributed by atoms with Crippen molar-refractivity contribution in [3.8, 4) is 0 Å². The minimum absolute atomic E-state index is 0.0175. The average molecular weight is 523 g/mol. The maximum atomic E-state index is 12.5. The van der Waals surface area contributed by atoms with Crippen LogP contribution in [0.5, 0.6) is 0 Å². The van der Waals surface area contributed by atoms with E-state index in [0.29, 0.717) is 6.61 Å². The monoisotopic (exact) mass is 522 g/mol. The molecule has 36 heavy (non-hydrogen) atoms. The van der Waals surface area contributed by atoms with Crippen molar-refractivity contribution in [1.82, 2.24) is 15.1 Å². The van der Waals surface area contributed by atoms with Gasteiger partial charge in [-0.15, -0.1) is 0 Å². The van der Waals surface area contributed by atoms with Crippen molar-refractivity contribution < 1.29 is 52.4 Å². The van der Waals surface area contributed by atoms with Crippen molar-refractivity contribution in [3.05, 3.63) is 0 Å². The third-order valence-electron chi connectivity index (χ3n) is 4.21. The predicted molar refractivity (Wildman–Crippen MR) is 123 cm³/mol. The molecule has 0 aromatic rings. The summed E-state index contributed by atoms with van der Waals surface area (Å²) < 4.78 is 29.2. The first-order valence-corrected chi connectivity index (χ1v) is 11.6. The largest absolute Gasteiger partial charge is 0.428 e. The Hall–Kier alpha value is -3.33. The van der Waals surface area contributed by atoms with E-state index in [1.807, 2.05) is 6.92 Å². The first-order valence-electron chi connectivity index (χ1n) is 11.6. The Balaban J connectivity index is 4.87. The zero-order valence-corrected chi connectivity index (χ0v) is 21.2. The summed E-state index contributed by atoms with van der Waals surface area (Å²) >= 11 is 0.